The third-order valence-corrected chi connectivity index (χ3v) is 12.1. The number of rotatable bonds is 7. The molecule has 0 saturated heterocycles. The van der Waals surface area contributed by atoms with E-state index in [1.165, 1.54) is 44.2 Å². The van der Waals surface area contributed by atoms with Gasteiger partial charge < -0.3 is 0 Å². The van der Waals surface area contributed by atoms with E-state index in [-0.39, 0.29) is 0 Å². The zero-order valence-electron chi connectivity index (χ0n) is 34.3. The summed E-state index contributed by atoms with van der Waals surface area (Å²) in [6, 6.07) is 70.5. The summed E-state index contributed by atoms with van der Waals surface area (Å²) >= 11 is 0. The summed E-state index contributed by atoms with van der Waals surface area (Å²) in [6.07, 6.45) is 0. The first-order valence-electron chi connectivity index (χ1n) is 20.9. The summed E-state index contributed by atoms with van der Waals surface area (Å²) in [7, 11) is 0. The van der Waals surface area contributed by atoms with E-state index in [2.05, 4.69) is 208 Å². The Bertz CT molecular complexity index is 3340. The summed E-state index contributed by atoms with van der Waals surface area (Å²) < 4.78 is 0. The molecule has 0 unspecified atom stereocenters. The van der Waals surface area contributed by atoms with Crippen LogP contribution >= 0.6 is 0 Å². The maximum absolute atomic E-state index is 10.7. The number of aromatic nitrogens is 3. The van der Waals surface area contributed by atoms with E-state index in [1.54, 1.807) is 0 Å². The predicted molar refractivity (Wildman–Crippen MR) is 254 cm³/mol. The average Bonchev–Trinajstić information content (AvgIpc) is 3.66. The monoisotopic (exact) mass is 790 g/mol. The molecule has 0 saturated carbocycles. The molecule has 0 amide bonds. The second kappa shape index (κ2) is 15.1. The van der Waals surface area contributed by atoms with Crippen LogP contribution < -0.4 is 0 Å². The van der Waals surface area contributed by atoms with Crippen LogP contribution in [0.25, 0.3) is 112 Å². The Hall–Kier alpha value is -8.26. The predicted octanol–water partition coefficient (Wildman–Crippen LogP) is 14.8. The first-order chi connectivity index (χ1) is 30.5. The minimum atomic E-state index is 0.612. The fourth-order valence-corrected chi connectivity index (χ4v) is 8.93. The van der Waals surface area contributed by atoms with Crippen LogP contribution in [0.4, 0.5) is 0 Å². The van der Waals surface area contributed by atoms with Gasteiger partial charge in [0.15, 0.2) is 17.5 Å². The number of hydrogen-bond acceptors (Lipinski definition) is 4. The smallest absolute Gasteiger partial charge is 0.164 e. The van der Waals surface area contributed by atoms with Crippen LogP contribution in [0.2, 0.25) is 0 Å². The molecule has 290 valence electrons. The van der Waals surface area contributed by atoms with Gasteiger partial charge in [0.25, 0.3) is 0 Å². The van der Waals surface area contributed by atoms with Gasteiger partial charge in [-0.15, -0.1) is 0 Å². The lowest BCUT2D eigenvalue weighted by atomic mass is 9.87. The highest BCUT2D eigenvalue weighted by Gasteiger charge is 2.23. The Morgan fingerprint density at radius 1 is 0.323 bits per heavy atom. The van der Waals surface area contributed by atoms with Crippen LogP contribution in [0.5, 0.6) is 0 Å². The summed E-state index contributed by atoms with van der Waals surface area (Å²) in [5, 5.41) is 13.2. The number of nitrogens with zero attached hydrogens (tertiary/aromatic N) is 4. The molecule has 0 spiro atoms. The number of fused-ring (bicyclic) bond motifs is 3. The average molecular weight is 791 g/mol. The molecule has 1 aliphatic carbocycles. The summed E-state index contributed by atoms with van der Waals surface area (Å²) in [5.41, 5.74) is 19.2. The molecule has 11 rings (SSSR count). The maximum atomic E-state index is 10.7. The lowest BCUT2D eigenvalue weighted by Crippen LogP contribution is -2.00. The molecule has 62 heavy (non-hydrogen) atoms. The van der Waals surface area contributed by atoms with Crippen molar-refractivity contribution >= 4 is 10.8 Å². The van der Waals surface area contributed by atoms with Gasteiger partial charge in [-0.25, -0.2) is 15.0 Å². The highest BCUT2D eigenvalue weighted by molar-refractivity contribution is 6.19. The minimum Gasteiger partial charge on any atom is -0.208 e. The minimum absolute atomic E-state index is 0.612. The normalized spacial score (nSPS) is 11.4. The van der Waals surface area contributed by atoms with Crippen molar-refractivity contribution in [2.75, 3.05) is 0 Å². The molecule has 0 radical (unpaired) electrons. The fraction of sp³-hybridized carbons (Fsp3) is 0.0345. The molecule has 1 aliphatic rings. The molecule has 4 nitrogen and oxygen atoms in total. The summed E-state index contributed by atoms with van der Waals surface area (Å²) in [4.78, 5) is 14.9. The molecule has 4 heteroatoms. The first-order valence-corrected chi connectivity index (χ1v) is 20.9. The van der Waals surface area contributed by atoms with Gasteiger partial charge in [0.2, 0.25) is 0 Å². The second-order valence-corrected chi connectivity index (χ2v) is 16.1. The van der Waals surface area contributed by atoms with Crippen molar-refractivity contribution in [2.45, 2.75) is 13.8 Å². The van der Waals surface area contributed by atoms with Crippen LogP contribution in [0.3, 0.4) is 0 Å². The largest absolute Gasteiger partial charge is 0.208 e. The van der Waals surface area contributed by atoms with E-state index in [9.17, 15) is 5.26 Å². The van der Waals surface area contributed by atoms with Gasteiger partial charge in [0.1, 0.15) is 0 Å². The SMILES string of the molecule is Cc1ccc(-c2nc(-c3ccc(C)cc3)nc(-c3cccc(-c4cccc(-c5ccc(-c6ccccc6-c6ccc7c8c(cccc68)-c6ccccc6-7)c(C#N)c5)c4)c3)n2)cc1. The van der Waals surface area contributed by atoms with Crippen molar-refractivity contribution < 1.29 is 0 Å². The van der Waals surface area contributed by atoms with Crippen LogP contribution in [-0.2, 0) is 0 Å². The molecule has 0 fully saturated rings. The van der Waals surface area contributed by atoms with Gasteiger partial charge in [-0.3, -0.25) is 0 Å². The van der Waals surface area contributed by atoms with E-state index in [4.69, 9.17) is 15.0 Å². The number of benzene rings is 9. The third kappa shape index (κ3) is 6.45. The van der Waals surface area contributed by atoms with Crippen molar-refractivity contribution in [1.82, 2.24) is 15.0 Å². The first kappa shape index (κ1) is 36.8. The van der Waals surface area contributed by atoms with Crippen molar-refractivity contribution in [3.8, 4) is 107 Å². The number of aryl methyl sites for hydroxylation is 2. The zero-order chi connectivity index (χ0) is 41.7. The quantitative estimate of drug-likeness (QED) is 0.161. The van der Waals surface area contributed by atoms with Crippen LogP contribution in [0, 0.1) is 25.2 Å². The highest BCUT2D eigenvalue weighted by Crippen LogP contribution is 2.50. The van der Waals surface area contributed by atoms with E-state index < -0.39 is 0 Å². The summed E-state index contributed by atoms with van der Waals surface area (Å²) in [5.74, 6) is 1.88. The molecule has 1 heterocycles. The van der Waals surface area contributed by atoms with Gasteiger partial charge >= 0.3 is 0 Å². The molecule has 0 bridgehead atoms. The van der Waals surface area contributed by atoms with Crippen LogP contribution in [0.1, 0.15) is 16.7 Å². The van der Waals surface area contributed by atoms with Crippen LogP contribution in [0.15, 0.2) is 194 Å². The van der Waals surface area contributed by atoms with E-state index >= 15 is 0 Å². The Labute approximate surface area is 361 Å². The lowest BCUT2D eigenvalue weighted by molar-refractivity contribution is 1.07. The Kier molecular flexibility index (Phi) is 8.95. The molecule has 1 aromatic heterocycles. The van der Waals surface area contributed by atoms with Crippen molar-refractivity contribution in [3.05, 3.63) is 211 Å². The molecule has 0 atom stereocenters. The standard InChI is InChI=1S/C58H38N4/c1-36-20-24-38(25-21-36)56-60-57(39-26-22-37(2)23-27-39)62-58(61-56)44-13-8-12-42(33-44)40-10-7-11-41(32-40)43-28-29-46(45(34-43)35-59)47-14-3-4-15-48(47)51-30-31-54-50-17-6-5-16-49(50)52-18-9-19-53(51)55(52)54/h3-34H,1-2H3. The van der Waals surface area contributed by atoms with Gasteiger partial charge in [-0.1, -0.05) is 187 Å². The Morgan fingerprint density at radius 2 is 0.710 bits per heavy atom. The molecule has 0 aliphatic heterocycles. The zero-order valence-corrected chi connectivity index (χ0v) is 34.3. The number of hydrogen-bond donors (Lipinski definition) is 0. The van der Waals surface area contributed by atoms with Gasteiger partial charge in [-0.05, 0) is 104 Å². The molecule has 9 aromatic carbocycles. The molecule has 10 aromatic rings. The van der Waals surface area contributed by atoms with Crippen molar-refractivity contribution in [2.24, 2.45) is 0 Å². The van der Waals surface area contributed by atoms with Crippen molar-refractivity contribution in [1.29, 1.82) is 5.26 Å². The topological polar surface area (TPSA) is 62.5 Å². The van der Waals surface area contributed by atoms with E-state index in [0.29, 0.717) is 23.0 Å². The Morgan fingerprint density at radius 3 is 1.27 bits per heavy atom. The lowest BCUT2D eigenvalue weighted by Gasteiger charge is -2.16. The third-order valence-electron chi connectivity index (χ3n) is 12.1. The van der Waals surface area contributed by atoms with Gasteiger partial charge in [0.05, 0.1) is 11.6 Å². The molecular formula is C58H38N4. The van der Waals surface area contributed by atoms with Crippen molar-refractivity contribution in [3.63, 3.8) is 0 Å². The van der Waals surface area contributed by atoms with E-state index in [0.717, 1.165) is 61.2 Å². The van der Waals surface area contributed by atoms with E-state index in [1.807, 2.05) is 6.07 Å². The number of nitriles is 1. The van der Waals surface area contributed by atoms with Crippen LogP contribution in [-0.4, -0.2) is 15.0 Å². The summed E-state index contributed by atoms with van der Waals surface area (Å²) in [6.45, 7) is 4.16. The fourth-order valence-electron chi connectivity index (χ4n) is 8.93. The second-order valence-electron chi connectivity index (χ2n) is 16.1. The molecular weight excluding hydrogens is 753 g/mol. The molecule has 0 N–H and O–H groups in total. The Balaban J connectivity index is 0.947. The maximum Gasteiger partial charge on any atom is 0.164 e. The van der Waals surface area contributed by atoms with Gasteiger partial charge in [0, 0.05) is 22.3 Å². The highest BCUT2D eigenvalue weighted by atomic mass is 15.0. The van der Waals surface area contributed by atoms with Gasteiger partial charge in [-0.2, -0.15) is 5.26 Å².